The quantitative estimate of drug-likeness (QED) is 0.128. The van der Waals surface area contributed by atoms with Gasteiger partial charge in [0.1, 0.15) is 42.0 Å². The Balaban J connectivity index is 1.32. The van der Waals surface area contributed by atoms with Gasteiger partial charge in [-0.25, -0.2) is 0 Å². The highest BCUT2D eigenvalue weighted by molar-refractivity contribution is 5.18. The average Bonchev–Trinajstić information content (AvgIpc) is 3.53. The third kappa shape index (κ3) is 8.57. The molecule has 0 spiro atoms. The van der Waals surface area contributed by atoms with Gasteiger partial charge in [-0.1, -0.05) is 121 Å². The summed E-state index contributed by atoms with van der Waals surface area (Å²) in [5.41, 5.74) is 4.28. The smallest absolute Gasteiger partial charge is 0.144 e. The fraction of sp³-hybridized carbons (Fsp3) is 0.282. The highest BCUT2D eigenvalue weighted by atomic mass is 16.6. The second-order valence-corrected chi connectivity index (χ2v) is 11.3. The van der Waals surface area contributed by atoms with Crippen molar-refractivity contribution in [2.45, 2.75) is 63.9 Å². The van der Waals surface area contributed by atoms with E-state index >= 15 is 0 Å². The highest BCUT2D eigenvalue weighted by Gasteiger charge is 2.50. The molecule has 1 aliphatic rings. The third-order valence-electron chi connectivity index (χ3n) is 7.92. The molecule has 1 aliphatic heterocycles. The normalized spacial score (nSPS) is 21.5. The zero-order valence-electron chi connectivity index (χ0n) is 25.6. The topological polar surface area (TPSA) is 59.3 Å². The van der Waals surface area contributed by atoms with Gasteiger partial charge in [0.05, 0.1) is 33.0 Å². The Morgan fingerprint density at radius 3 is 1.40 bits per heavy atom. The van der Waals surface area contributed by atoms with Crippen LogP contribution in [0.4, 0.5) is 0 Å². The van der Waals surface area contributed by atoms with Crippen molar-refractivity contribution in [1.29, 1.82) is 0 Å². The van der Waals surface area contributed by atoms with E-state index in [0.29, 0.717) is 38.8 Å². The van der Waals surface area contributed by atoms with Crippen LogP contribution in [0, 0.1) is 6.92 Å². The molecular weight excluding hydrogens is 564 g/mol. The summed E-state index contributed by atoms with van der Waals surface area (Å²) in [4.78, 5) is 0. The van der Waals surface area contributed by atoms with E-state index in [2.05, 4.69) is 48.5 Å². The monoisotopic (exact) mass is 604 g/mol. The van der Waals surface area contributed by atoms with Crippen LogP contribution in [0.1, 0.15) is 39.9 Å². The van der Waals surface area contributed by atoms with Crippen molar-refractivity contribution in [2.75, 3.05) is 6.61 Å². The molecule has 45 heavy (non-hydrogen) atoms. The lowest BCUT2D eigenvalue weighted by Crippen LogP contribution is -2.58. The van der Waals surface area contributed by atoms with Crippen molar-refractivity contribution in [2.24, 2.45) is 0 Å². The van der Waals surface area contributed by atoms with Crippen LogP contribution in [0.15, 0.2) is 138 Å². The van der Waals surface area contributed by atoms with Crippen molar-refractivity contribution >= 4 is 0 Å². The first-order valence-corrected chi connectivity index (χ1v) is 15.5. The molecular formula is C39H40O6. The zero-order chi connectivity index (χ0) is 30.7. The first-order chi connectivity index (χ1) is 22.2. The van der Waals surface area contributed by atoms with Crippen LogP contribution < -0.4 is 0 Å². The van der Waals surface area contributed by atoms with Gasteiger partial charge in [-0.2, -0.15) is 0 Å². The van der Waals surface area contributed by atoms with Crippen LogP contribution in [-0.4, -0.2) is 31.0 Å². The number of rotatable bonds is 14. The van der Waals surface area contributed by atoms with Crippen LogP contribution in [-0.2, 0) is 50.1 Å². The number of benzene rings is 4. The molecule has 6 nitrogen and oxygen atoms in total. The van der Waals surface area contributed by atoms with Gasteiger partial charge in [0.25, 0.3) is 0 Å². The fourth-order valence-electron chi connectivity index (χ4n) is 5.62. The maximum absolute atomic E-state index is 6.86. The number of ether oxygens (including phenoxy) is 5. The molecule has 0 radical (unpaired) electrons. The summed E-state index contributed by atoms with van der Waals surface area (Å²) < 4.78 is 39.5. The molecule has 0 N–H and O–H groups in total. The second-order valence-electron chi connectivity index (χ2n) is 11.3. The molecule has 5 aromatic rings. The first-order valence-electron chi connectivity index (χ1n) is 15.5. The SMILES string of the molecule is Cc1ccc([C@H]2O[C@H](COCc3ccccc3)[C@@H](OCc3ccccc3)[C@H](OCc3ccccc3)[C@H]2OCc2ccccc2)o1. The summed E-state index contributed by atoms with van der Waals surface area (Å²) in [6.07, 6.45) is -2.49. The van der Waals surface area contributed by atoms with Crippen molar-refractivity contribution in [3.8, 4) is 0 Å². The lowest BCUT2D eigenvalue weighted by atomic mass is 9.92. The number of furan rings is 1. The van der Waals surface area contributed by atoms with Crippen molar-refractivity contribution in [3.05, 3.63) is 167 Å². The Labute approximate surface area is 265 Å². The van der Waals surface area contributed by atoms with Gasteiger partial charge < -0.3 is 28.1 Å². The van der Waals surface area contributed by atoms with Crippen LogP contribution in [0.2, 0.25) is 0 Å². The zero-order valence-corrected chi connectivity index (χ0v) is 25.6. The summed E-state index contributed by atoms with van der Waals surface area (Å²) in [6.45, 7) is 3.87. The number of aryl methyl sites for hydroxylation is 1. The van der Waals surface area contributed by atoms with E-state index in [1.807, 2.05) is 91.9 Å². The molecule has 0 bridgehead atoms. The first kappa shape index (κ1) is 31.0. The lowest BCUT2D eigenvalue weighted by Gasteiger charge is -2.45. The fourth-order valence-corrected chi connectivity index (χ4v) is 5.62. The third-order valence-corrected chi connectivity index (χ3v) is 7.92. The Morgan fingerprint density at radius 1 is 0.489 bits per heavy atom. The largest absolute Gasteiger partial charge is 0.464 e. The van der Waals surface area contributed by atoms with Gasteiger partial charge >= 0.3 is 0 Å². The van der Waals surface area contributed by atoms with Gasteiger partial charge in [0.2, 0.25) is 0 Å². The van der Waals surface area contributed by atoms with Gasteiger partial charge in [0.15, 0.2) is 0 Å². The van der Waals surface area contributed by atoms with Gasteiger partial charge in [0, 0.05) is 0 Å². The summed E-state index contributed by atoms with van der Waals surface area (Å²) in [7, 11) is 0. The van der Waals surface area contributed by atoms with E-state index in [1.54, 1.807) is 0 Å². The van der Waals surface area contributed by atoms with Crippen LogP contribution >= 0.6 is 0 Å². The minimum absolute atomic E-state index is 0.307. The number of hydrogen-bond donors (Lipinski definition) is 0. The Kier molecular flexibility index (Phi) is 10.9. The molecule has 4 aromatic carbocycles. The van der Waals surface area contributed by atoms with E-state index in [-0.39, 0.29) is 0 Å². The number of hydrogen-bond acceptors (Lipinski definition) is 6. The molecule has 232 valence electrons. The summed E-state index contributed by atoms with van der Waals surface area (Å²) in [5.74, 6) is 1.49. The van der Waals surface area contributed by atoms with Crippen molar-refractivity contribution in [3.63, 3.8) is 0 Å². The minimum atomic E-state index is -0.537. The molecule has 6 heteroatoms. The lowest BCUT2D eigenvalue weighted by molar-refractivity contribution is -0.277. The van der Waals surface area contributed by atoms with Gasteiger partial charge in [-0.15, -0.1) is 0 Å². The van der Waals surface area contributed by atoms with E-state index < -0.39 is 30.5 Å². The maximum Gasteiger partial charge on any atom is 0.144 e. The summed E-state index contributed by atoms with van der Waals surface area (Å²) in [6, 6.07) is 44.5. The van der Waals surface area contributed by atoms with Crippen molar-refractivity contribution in [1.82, 2.24) is 0 Å². The van der Waals surface area contributed by atoms with E-state index in [9.17, 15) is 0 Å². The molecule has 0 saturated carbocycles. The molecule has 1 saturated heterocycles. The van der Waals surface area contributed by atoms with Gasteiger partial charge in [-0.3, -0.25) is 0 Å². The van der Waals surface area contributed by atoms with Gasteiger partial charge in [-0.05, 0) is 41.3 Å². The predicted molar refractivity (Wildman–Crippen MR) is 172 cm³/mol. The second kappa shape index (κ2) is 15.8. The highest BCUT2D eigenvalue weighted by Crippen LogP contribution is 2.39. The molecule has 5 atom stereocenters. The van der Waals surface area contributed by atoms with E-state index in [4.69, 9.17) is 28.1 Å². The Hall–Kier alpha value is -4.04. The Bertz CT molecular complexity index is 1540. The van der Waals surface area contributed by atoms with E-state index in [0.717, 1.165) is 28.0 Å². The summed E-state index contributed by atoms with van der Waals surface area (Å²) in [5, 5.41) is 0. The van der Waals surface area contributed by atoms with E-state index in [1.165, 1.54) is 0 Å². The predicted octanol–water partition coefficient (Wildman–Crippen LogP) is 8.00. The summed E-state index contributed by atoms with van der Waals surface area (Å²) >= 11 is 0. The molecule has 6 rings (SSSR count). The molecule has 1 aromatic heterocycles. The average molecular weight is 605 g/mol. The Morgan fingerprint density at radius 2 is 0.933 bits per heavy atom. The standard InChI is InChI=1S/C39H40O6/c1-29-22-23-34(44-29)37-39(43-27-33-20-12-5-13-21-33)38(42-26-32-18-10-4-11-19-32)36(41-25-31-16-8-3-9-17-31)35(45-37)28-40-24-30-14-6-2-7-15-30/h2-23,35-39H,24-28H2,1H3/t35-,36-,37-,38+,39+/m1/s1. The molecule has 0 unspecified atom stereocenters. The van der Waals surface area contributed by atoms with Crippen LogP contribution in [0.5, 0.6) is 0 Å². The van der Waals surface area contributed by atoms with Crippen molar-refractivity contribution < 1.29 is 28.1 Å². The van der Waals surface area contributed by atoms with Crippen LogP contribution in [0.25, 0.3) is 0 Å². The van der Waals surface area contributed by atoms with Crippen LogP contribution in [0.3, 0.4) is 0 Å². The molecule has 0 amide bonds. The molecule has 0 aliphatic carbocycles. The minimum Gasteiger partial charge on any atom is -0.464 e. The molecule has 1 fully saturated rings. The maximum atomic E-state index is 6.86. The molecule has 2 heterocycles.